The number of ether oxygens (including phenoxy) is 3. The Morgan fingerprint density at radius 1 is 0.919 bits per heavy atom. The SMILES string of the molecule is CCOC(=O)C(C)(Cc1ccc(OC(C)c2ccc(-c3ncc(CC)cn3)s2)cc1)Oc1ccccc1. The zero-order valence-electron chi connectivity index (χ0n) is 21.6. The van der Waals surface area contributed by atoms with Crippen molar-refractivity contribution in [3.8, 4) is 22.2 Å². The Labute approximate surface area is 222 Å². The molecule has 2 aromatic carbocycles. The van der Waals surface area contributed by atoms with E-state index in [0.29, 0.717) is 12.2 Å². The first-order valence-corrected chi connectivity index (χ1v) is 13.3. The van der Waals surface area contributed by atoms with Gasteiger partial charge in [0, 0.05) is 23.7 Å². The maximum atomic E-state index is 12.8. The van der Waals surface area contributed by atoms with Gasteiger partial charge >= 0.3 is 5.97 Å². The van der Waals surface area contributed by atoms with Crippen LogP contribution in [-0.4, -0.2) is 28.1 Å². The summed E-state index contributed by atoms with van der Waals surface area (Å²) in [7, 11) is 0. The average Bonchev–Trinajstić information content (AvgIpc) is 3.41. The van der Waals surface area contributed by atoms with E-state index in [2.05, 4.69) is 23.0 Å². The van der Waals surface area contributed by atoms with Gasteiger partial charge in [0.05, 0.1) is 11.5 Å². The Morgan fingerprint density at radius 2 is 1.62 bits per heavy atom. The lowest BCUT2D eigenvalue weighted by molar-refractivity contribution is -0.160. The summed E-state index contributed by atoms with van der Waals surface area (Å²) in [5.41, 5.74) is 0.907. The predicted molar refractivity (Wildman–Crippen MR) is 146 cm³/mol. The monoisotopic (exact) mass is 516 g/mol. The van der Waals surface area contributed by atoms with Crippen molar-refractivity contribution in [3.05, 3.63) is 95.1 Å². The van der Waals surface area contributed by atoms with Gasteiger partial charge in [0.1, 0.15) is 17.6 Å². The van der Waals surface area contributed by atoms with Crippen LogP contribution in [0.2, 0.25) is 0 Å². The van der Waals surface area contributed by atoms with Crippen LogP contribution >= 0.6 is 11.3 Å². The van der Waals surface area contributed by atoms with Crippen LogP contribution in [0.4, 0.5) is 0 Å². The van der Waals surface area contributed by atoms with E-state index >= 15 is 0 Å². The second kappa shape index (κ2) is 12.0. The zero-order chi connectivity index (χ0) is 26.3. The van der Waals surface area contributed by atoms with Gasteiger partial charge in [-0.3, -0.25) is 0 Å². The Hall–Kier alpha value is -3.71. The highest BCUT2D eigenvalue weighted by molar-refractivity contribution is 7.15. The molecule has 0 saturated carbocycles. The molecule has 2 heterocycles. The average molecular weight is 517 g/mol. The number of para-hydroxylation sites is 1. The molecule has 7 heteroatoms. The minimum absolute atomic E-state index is 0.134. The van der Waals surface area contributed by atoms with Gasteiger partial charge < -0.3 is 14.2 Å². The second-order valence-electron chi connectivity index (χ2n) is 8.92. The topological polar surface area (TPSA) is 70.5 Å². The third kappa shape index (κ3) is 6.74. The van der Waals surface area contributed by atoms with Crippen LogP contribution in [0.3, 0.4) is 0 Å². The molecule has 0 saturated heterocycles. The molecular formula is C30H32N2O4S. The molecule has 2 aromatic heterocycles. The van der Waals surface area contributed by atoms with Gasteiger partial charge in [-0.15, -0.1) is 11.3 Å². The Balaban J connectivity index is 1.42. The molecular weight excluding hydrogens is 484 g/mol. The number of esters is 1. The smallest absolute Gasteiger partial charge is 0.350 e. The van der Waals surface area contributed by atoms with E-state index in [4.69, 9.17) is 14.2 Å². The summed E-state index contributed by atoms with van der Waals surface area (Å²) < 4.78 is 17.6. The van der Waals surface area contributed by atoms with Crippen LogP contribution in [0, 0.1) is 0 Å². The highest BCUT2D eigenvalue weighted by Crippen LogP contribution is 2.32. The van der Waals surface area contributed by atoms with E-state index in [-0.39, 0.29) is 12.7 Å². The summed E-state index contributed by atoms with van der Waals surface area (Å²) >= 11 is 1.63. The Kier molecular flexibility index (Phi) is 8.56. The van der Waals surface area contributed by atoms with Crippen LogP contribution in [0.15, 0.2) is 79.1 Å². The summed E-state index contributed by atoms with van der Waals surface area (Å²) in [5, 5.41) is 0. The second-order valence-corrected chi connectivity index (χ2v) is 10.0. The molecule has 0 aliphatic rings. The molecule has 0 fully saturated rings. The number of rotatable bonds is 11. The van der Waals surface area contributed by atoms with Gasteiger partial charge in [-0.1, -0.05) is 37.3 Å². The van der Waals surface area contributed by atoms with Crippen LogP contribution < -0.4 is 9.47 Å². The molecule has 37 heavy (non-hydrogen) atoms. The van der Waals surface area contributed by atoms with Crippen molar-refractivity contribution in [2.45, 2.75) is 52.2 Å². The molecule has 2 unspecified atom stereocenters. The van der Waals surface area contributed by atoms with Gasteiger partial charge in [0.2, 0.25) is 5.60 Å². The van der Waals surface area contributed by atoms with E-state index in [1.54, 1.807) is 25.2 Å². The first-order valence-electron chi connectivity index (χ1n) is 12.5. The third-order valence-corrected chi connectivity index (χ3v) is 7.17. The Bertz CT molecular complexity index is 1290. The number of aromatic nitrogens is 2. The van der Waals surface area contributed by atoms with Crippen molar-refractivity contribution >= 4 is 17.3 Å². The van der Waals surface area contributed by atoms with Gasteiger partial charge in [0.15, 0.2) is 5.82 Å². The van der Waals surface area contributed by atoms with Crippen LogP contribution in [0.25, 0.3) is 10.7 Å². The van der Waals surface area contributed by atoms with Gasteiger partial charge in [-0.25, -0.2) is 14.8 Å². The molecule has 0 aliphatic heterocycles. The molecule has 4 aromatic rings. The summed E-state index contributed by atoms with van der Waals surface area (Å²) in [6.45, 7) is 7.96. The first-order chi connectivity index (χ1) is 17.9. The molecule has 0 radical (unpaired) electrons. The third-order valence-electron chi connectivity index (χ3n) is 5.93. The van der Waals surface area contributed by atoms with Crippen molar-refractivity contribution in [1.29, 1.82) is 0 Å². The number of aryl methyl sites for hydroxylation is 1. The van der Waals surface area contributed by atoms with Crippen molar-refractivity contribution in [3.63, 3.8) is 0 Å². The summed E-state index contributed by atoms with van der Waals surface area (Å²) in [6, 6.07) is 21.2. The fourth-order valence-corrected chi connectivity index (χ4v) is 4.81. The van der Waals surface area contributed by atoms with Gasteiger partial charge in [-0.05, 0) is 74.7 Å². The summed E-state index contributed by atoms with van der Waals surface area (Å²) in [5.74, 6) is 1.70. The number of thiophene rings is 1. The molecule has 0 amide bonds. The maximum Gasteiger partial charge on any atom is 0.350 e. The van der Waals surface area contributed by atoms with Crippen molar-refractivity contribution < 1.29 is 19.0 Å². The molecule has 192 valence electrons. The first kappa shape index (κ1) is 26.4. The van der Waals surface area contributed by atoms with Crippen molar-refractivity contribution in [1.82, 2.24) is 9.97 Å². The zero-order valence-corrected chi connectivity index (χ0v) is 22.5. The number of carbonyl (C=O) groups excluding carboxylic acids is 1. The quantitative estimate of drug-likeness (QED) is 0.203. The van der Waals surface area contributed by atoms with Gasteiger partial charge in [0.25, 0.3) is 0 Å². The minimum atomic E-state index is -1.15. The van der Waals surface area contributed by atoms with Crippen LogP contribution in [0.5, 0.6) is 11.5 Å². The highest BCUT2D eigenvalue weighted by atomic mass is 32.1. The number of nitrogens with zero attached hydrogens (tertiary/aromatic N) is 2. The predicted octanol–water partition coefficient (Wildman–Crippen LogP) is 6.85. The van der Waals surface area contributed by atoms with E-state index in [1.807, 2.05) is 80.0 Å². The van der Waals surface area contributed by atoms with E-state index in [0.717, 1.165) is 38.9 Å². The normalized spacial score (nSPS) is 13.4. The number of hydrogen-bond acceptors (Lipinski definition) is 7. The molecule has 0 spiro atoms. The highest BCUT2D eigenvalue weighted by Gasteiger charge is 2.37. The van der Waals surface area contributed by atoms with E-state index in [1.165, 1.54) is 0 Å². The largest absolute Gasteiger partial charge is 0.485 e. The molecule has 0 aliphatic carbocycles. The number of benzene rings is 2. The molecule has 6 nitrogen and oxygen atoms in total. The number of carbonyl (C=O) groups is 1. The standard InChI is InChI=1S/C30H32N2O4S/c1-5-22-19-31-28(32-20-22)27-17-16-26(37-27)21(3)35-24-14-12-23(13-15-24)18-30(4,29(33)34-6-2)36-25-10-8-7-9-11-25/h7-17,19-21H,5-6,18H2,1-4H3. The van der Waals surface area contributed by atoms with E-state index in [9.17, 15) is 4.79 Å². The molecule has 2 atom stereocenters. The lowest BCUT2D eigenvalue weighted by Gasteiger charge is -2.28. The minimum Gasteiger partial charge on any atom is -0.485 e. The van der Waals surface area contributed by atoms with Gasteiger partial charge in [-0.2, -0.15) is 0 Å². The van der Waals surface area contributed by atoms with E-state index < -0.39 is 11.6 Å². The van der Waals surface area contributed by atoms with Crippen LogP contribution in [-0.2, 0) is 22.4 Å². The molecule has 4 rings (SSSR count). The Morgan fingerprint density at radius 3 is 2.27 bits per heavy atom. The van der Waals surface area contributed by atoms with Crippen LogP contribution in [0.1, 0.15) is 49.8 Å². The lowest BCUT2D eigenvalue weighted by atomic mass is 9.96. The van der Waals surface area contributed by atoms with Crippen molar-refractivity contribution in [2.24, 2.45) is 0 Å². The lowest BCUT2D eigenvalue weighted by Crippen LogP contribution is -2.45. The fraction of sp³-hybridized carbons (Fsp3) is 0.300. The maximum absolute atomic E-state index is 12.8. The number of hydrogen-bond donors (Lipinski definition) is 0. The summed E-state index contributed by atoms with van der Waals surface area (Å²) in [6.07, 6.45) is 4.90. The summed E-state index contributed by atoms with van der Waals surface area (Å²) in [4.78, 5) is 23.9. The molecule has 0 N–H and O–H groups in total. The van der Waals surface area contributed by atoms with Crippen molar-refractivity contribution in [2.75, 3.05) is 6.61 Å². The fourth-order valence-electron chi connectivity index (χ4n) is 3.88. The molecule has 0 bridgehead atoms.